The molecule has 0 aliphatic carbocycles. The first-order valence-electron chi connectivity index (χ1n) is 3.26. The Morgan fingerprint density at radius 2 is 1.56 bits per heavy atom. The van der Waals surface area contributed by atoms with Crippen molar-refractivity contribution in [3.63, 3.8) is 0 Å². The first kappa shape index (κ1) is 6.01. The third kappa shape index (κ3) is 2.16. The zero-order valence-electron chi connectivity index (χ0n) is 5.21. The summed E-state index contributed by atoms with van der Waals surface area (Å²) in [7, 11) is 0. The summed E-state index contributed by atoms with van der Waals surface area (Å²) in [5.41, 5.74) is 0. The lowest BCUT2D eigenvalue weighted by atomic mass is 10.6. The van der Waals surface area contributed by atoms with Crippen LogP contribution in [-0.2, 0) is 9.47 Å². The highest BCUT2D eigenvalue weighted by atomic mass is 32.2. The Morgan fingerprint density at radius 3 is 1.89 bits per heavy atom. The van der Waals surface area contributed by atoms with Crippen LogP contribution in [0.5, 0.6) is 0 Å². The van der Waals surface area contributed by atoms with Crippen molar-refractivity contribution >= 4 is 11.8 Å². The van der Waals surface area contributed by atoms with E-state index in [0.717, 1.165) is 13.2 Å². The molecule has 9 heavy (non-hydrogen) atoms. The van der Waals surface area contributed by atoms with Gasteiger partial charge in [-0.1, -0.05) is 0 Å². The monoisotopic (exact) mass is 146 g/mol. The fraction of sp³-hybridized carbons (Fsp3) is 1.00. The average Bonchev–Trinajstić information content (AvgIpc) is 2.57. The van der Waals surface area contributed by atoms with E-state index in [4.69, 9.17) is 9.47 Å². The standard InChI is InChI=1S/C6H10O2S/c1-5(7-1)3-9-4-6-2-8-6/h5-6H,1-4H2. The van der Waals surface area contributed by atoms with Crippen molar-refractivity contribution in [1.82, 2.24) is 0 Å². The van der Waals surface area contributed by atoms with Crippen molar-refractivity contribution in [3.05, 3.63) is 0 Å². The predicted molar refractivity (Wildman–Crippen MR) is 36.8 cm³/mol. The van der Waals surface area contributed by atoms with Crippen molar-refractivity contribution in [3.8, 4) is 0 Å². The van der Waals surface area contributed by atoms with Crippen LogP contribution >= 0.6 is 11.8 Å². The van der Waals surface area contributed by atoms with Crippen LogP contribution < -0.4 is 0 Å². The number of rotatable bonds is 4. The maximum Gasteiger partial charge on any atom is 0.0900 e. The molecule has 0 aromatic heterocycles. The van der Waals surface area contributed by atoms with Gasteiger partial charge in [-0.05, 0) is 0 Å². The minimum Gasteiger partial charge on any atom is -0.372 e. The molecular weight excluding hydrogens is 136 g/mol. The van der Waals surface area contributed by atoms with Gasteiger partial charge in [0.15, 0.2) is 0 Å². The first-order valence-corrected chi connectivity index (χ1v) is 4.41. The molecule has 0 amide bonds. The van der Waals surface area contributed by atoms with E-state index < -0.39 is 0 Å². The maximum absolute atomic E-state index is 5.05. The summed E-state index contributed by atoms with van der Waals surface area (Å²) in [5, 5.41) is 0. The van der Waals surface area contributed by atoms with E-state index in [1.165, 1.54) is 11.5 Å². The Morgan fingerprint density at radius 1 is 1.11 bits per heavy atom. The second kappa shape index (κ2) is 2.48. The Bertz CT molecular complexity index is 87.2. The molecule has 2 aliphatic heterocycles. The Labute approximate surface area is 58.9 Å². The number of hydrogen-bond acceptors (Lipinski definition) is 3. The van der Waals surface area contributed by atoms with Crippen LogP contribution in [0.15, 0.2) is 0 Å². The van der Waals surface area contributed by atoms with Crippen LogP contribution in [0.1, 0.15) is 0 Å². The molecule has 0 saturated carbocycles. The molecular formula is C6H10O2S. The number of ether oxygens (including phenoxy) is 2. The predicted octanol–water partition coefficient (Wildman–Crippen LogP) is 0.517. The lowest BCUT2D eigenvalue weighted by Crippen LogP contribution is -1.95. The van der Waals surface area contributed by atoms with Crippen LogP contribution in [0.2, 0.25) is 0 Å². The highest BCUT2D eigenvalue weighted by Gasteiger charge is 2.26. The van der Waals surface area contributed by atoms with Crippen LogP contribution in [0, 0.1) is 0 Å². The van der Waals surface area contributed by atoms with Gasteiger partial charge in [0.2, 0.25) is 0 Å². The molecule has 2 heterocycles. The summed E-state index contributed by atoms with van der Waals surface area (Å²) >= 11 is 1.94. The van der Waals surface area contributed by atoms with E-state index in [2.05, 4.69) is 0 Å². The summed E-state index contributed by atoms with van der Waals surface area (Å²) in [6.07, 6.45) is 1.16. The summed E-state index contributed by atoms with van der Waals surface area (Å²) in [5.74, 6) is 2.33. The Hall–Kier alpha value is 0.270. The van der Waals surface area contributed by atoms with Gasteiger partial charge < -0.3 is 9.47 Å². The molecule has 0 N–H and O–H groups in total. The molecule has 0 bridgehead atoms. The van der Waals surface area contributed by atoms with Crippen LogP contribution in [0.3, 0.4) is 0 Å². The third-order valence-corrected chi connectivity index (χ3v) is 2.63. The molecule has 52 valence electrons. The summed E-state index contributed by atoms with van der Waals surface area (Å²) in [6, 6.07) is 0. The van der Waals surface area contributed by atoms with Crippen molar-refractivity contribution in [2.45, 2.75) is 12.2 Å². The van der Waals surface area contributed by atoms with Gasteiger partial charge in [-0.2, -0.15) is 11.8 Å². The van der Waals surface area contributed by atoms with Crippen molar-refractivity contribution < 1.29 is 9.47 Å². The van der Waals surface area contributed by atoms with E-state index >= 15 is 0 Å². The zero-order valence-corrected chi connectivity index (χ0v) is 6.02. The molecule has 0 aromatic carbocycles. The Balaban J connectivity index is 1.46. The maximum atomic E-state index is 5.05. The van der Waals surface area contributed by atoms with Crippen molar-refractivity contribution in [1.29, 1.82) is 0 Å². The average molecular weight is 146 g/mol. The fourth-order valence-electron chi connectivity index (χ4n) is 0.659. The summed E-state index contributed by atoms with van der Waals surface area (Å²) < 4.78 is 10.1. The normalized spacial score (nSPS) is 38.7. The molecule has 0 aromatic rings. The molecule has 2 fully saturated rings. The molecule has 0 spiro atoms. The van der Waals surface area contributed by atoms with Gasteiger partial charge in [-0.15, -0.1) is 0 Å². The molecule has 0 radical (unpaired) electrons. The summed E-state index contributed by atoms with van der Waals surface area (Å²) in [6.45, 7) is 1.97. The molecule has 2 saturated heterocycles. The number of epoxide rings is 2. The van der Waals surface area contributed by atoms with E-state index in [0.29, 0.717) is 12.2 Å². The van der Waals surface area contributed by atoms with E-state index in [9.17, 15) is 0 Å². The fourth-order valence-corrected chi connectivity index (χ4v) is 1.71. The van der Waals surface area contributed by atoms with E-state index in [1.54, 1.807) is 0 Å². The molecule has 2 unspecified atom stereocenters. The van der Waals surface area contributed by atoms with Gasteiger partial charge >= 0.3 is 0 Å². The number of thioether (sulfide) groups is 1. The minimum absolute atomic E-state index is 0.578. The lowest BCUT2D eigenvalue weighted by Gasteiger charge is -1.91. The third-order valence-electron chi connectivity index (χ3n) is 1.41. The second-order valence-corrected chi connectivity index (χ2v) is 3.52. The van der Waals surface area contributed by atoms with Crippen LogP contribution in [0.25, 0.3) is 0 Å². The van der Waals surface area contributed by atoms with Crippen molar-refractivity contribution in [2.75, 3.05) is 24.7 Å². The minimum atomic E-state index is 0.578. The quantitative estimate of drug-likeness (QED) is 0.540. The Kier molecular flexibility index (Phi) is 1.66. The first-order chi connectivity index (χ1) is 4.45. The largest absolute Gasteiger partial charge is 0.372 e. The van der Waals surface area contributed by atoms with Crippen LogP contribution in [0.4, 0.5) is 0 Å². The van der Waals surface area contributed by atoms with Gasteiger partial charge in [0.25, 0.3) is 0 Å². The van der Waals surface area contributed by atoms with Gasteiger partial charge in [-0.25, -0.2) is 0 Å². The van der Waals surface area contributed by atoms with Gasteiger partial charge in [0.1, 0.15) is 0 Å². The molecule has 2 rings (SSSR count). The highest BCUT2D eigenvalue weighted by Crippen LogP contribution is 2.20. The lowest BCUT2D eigenvalue weighted by molar-refractivity contribution is 0.422. The second-order valence-electron chi connectivity index (χ2n) is 2.45. The van der Waals surface area contributed by atoms with E-state index in [1.807, 2.05) is 11.8 Å². The van der Waals surface area contributed by atoms with Crippen LogP contribution in [-0.4, -0.2) is 36.9 Å². The molecule has 2 nitrogen and oxygen atoms in total. The van der Waals surface area contributed by atoms with Gasteiger partial charge in [0.05, 0.1) is 25.4 Å². The highest BCUT2D eigenvalue weighted by molar-refractivity contribution is 7.99. The zero-order chi connectivity index (χ0) is 6.10. The SMILES string of the molecule is C1OC1CSCC1CO1. The summed E-state index contributed by atoms with van der Waals surface area (Å²) in [4.78, 5) is 0. The topological polar surface area (TPSA) is 25.1 Å². The molecule has 2 aliphatic rings. The van der Waals surface area contributed by atoms with Gasteiger partial charge in [0, 0.05) is 11.5 Å². The van der Waals surface area contributed by atoms with Crippen molar-refractivity contribution in [2.24, 2.45) is 0 Å². The van der Waals surface area contributed by atoms with E-state index in [-0.39, 0.29) is 0 Å². The molecule has 2 atom stereocenters. The number of hydrogen-bond donors (Lipinski definition) is 0. The van der Waals surface area contributed by atoms with Gasteiger partial charge in [-0.3, -0.25) is 0 Å². The molecule has 3 heteroatoms. The smallest absolute Gasteiger partial charge is 0.0900 e.